The van der Waals surface area contributed by atoms with Gasteiger partial charge < -0.3 is 15.2 Å². The van der Waals surface area contributed by atoms with E-state index >= 15 is 0 Å². The van der Waals surface area contributed by atoms with Crippen LogP contribution in [0.4, 0.5) is 4.39 Å². The second-order valence-corrected chi connectivity index (χ2v) is 4.35. The van der Waals surface area contributed by atoms with E-state index in [1.54, 1.807) is 20.2 Å². The molecule has 17 heavy (non-hydrogen) atoms. The maximum Gasteiger partial charge on any atom is 0.141 e. The SMILES string of the molecule is COCCC(C)(O)CNCc1cncc(F)c1. The highest BCUT2D eigenvalue weighted by molar-refractivity contribution is 5.09. The zero-order chi connectivity index (χ0) is 12.7. The quantitative estimate of drug-likeness (QED) is 0.751. The fourth-order valence-electron chi connectivity index (χ4n) is 1.44. The van der Waals surface area contributed by atoms with Crippen molar-refractivity contribution in [2.45, 2.75) is 25.5 Å². The molecule has 0 saturated carbocycles. The summed E-state index contributed by atoms with van der Waals surface area (Å²) in [5, 5.41) is 13.0. The molecule has 0 aliphatic heterocycles. The van der Waals surface area contributed by atoms with Crippen molar-refractivity contribution in [2.24, 2.45) is 0 Å². The van der Waals surface area contributed by atoms with Gasteiger partial charge in [0.15, 0.2) is 0 Å². The van der Waals surface area contributed by atoms with Crippen molar-refractivity contribution in [2.75, 3.05) is 20.3 Å². The second-order valence-electron chi connectivity index (χ2n) is 4.35. The Bertz CT molecular complexity index is 345. The third kappa shape index (κ3) is 5.72. The maximum atomic E-state index is 12.8. The Labute approximate surface area is 101 Å². The average molecular weight is 242 g/mol. The van der Waals surface area contributed by atoms with Gasteiger partial charge in [-0.05, 0) is 18.6 Å². The number of nitrogens with one attached hydrogen (secondary N) is 1. The Balaban J connectivity index is 2.32. The van der Waals surface area contributed by atoms with Crippen molar-refractivity contribution in [3.8, 4) is 0 Å². The lowest BCUT2D eigenvalue weighted by Crippen LogP contribution is -2.38. The summed E-state index contributed by atoms with van der Waals surface area (Å²) in [4.78, 5) is 3.75. The fourth-order valence-corrected chi connectivity index (χ4v) is 1.44. The predicted octanol–water partition coefficient (Wildman–Crippen LogP) is 1.10. The summed E-state index contributed by atoms with van der Waals surface area (Å²) >= 11 is 0. The van der Waals surface area contributed by atoms with Crippen molar-refractivity contribution in [3.63, 3.8) is 0 Å². The average Bonchev–Trinajstić information content (AvgIpc) is 2.26. The molecule has 0 fully saturated rings. The van der Waals surface area contributed by atoms with E-state index < -0.39 is 5.60 Å². The fraction of sp³-hybridized carbons (Fsp3) is 0.583. The summed E-state index contributed by atoms with van der Waals surface area (Å²) in [7, 11) is 1.60. The summed E-state index contributed by atoms with van der Waals surface area (Å²) in [6.07, 6.45) is 3.32. The van der Waals surface area contributed by atoms with E-state index in [9.17, 15) is 9.50 Å². The van der Waals surface area contributed by atoms with Crippen molar-refractivity contribution in [1.29, 1.82) is 0 Å². The van der Waals surface area contributed by atoms with Crippen molar-refractivity contribution >= 4 is 0 Å². The lowest BCUT2D eigenvalue weighted by Gasteiger charge is -2.23. The van der Waals surface area contributed by atoms with Crippen LogP contribution in [0.2, 0.25) is 0 Å². The molecule has 0 aromatic carbocycles. The number of aliphatic hydroxyl groups is 1. The first kappa shape index (κ1) is 14.0. The van der Waals surface area contributed by atoms with Gasteiger partial charge >= 0.3 is 0 Å². The lowest BCUT2D eigenvalue weighted by molar-refractivity contribution is 0.0247. The first-order chi connectivity index (χ1) is 8.03. The minimum atomic E-state index is -0.823. The summed E-state index contributed by atoms with van der Waals surface area (Å²) in [5.74, 6) is -0.351. The van der Waals surface area contributed by atoms with Gasteiger partial charge in [-0.25, -0.2) is 4.39 Å². The molecule has 0 amide bonds. The van der Waals surface area contributed by atoms with E-state index in [1.165, 1.54) is 6.07 Å². The molecule has 0 aliphatic rings. The first-order valence-electron chi connectivity index (χ1n) is 5.55. The van der Waals surface area contributed by atoms with Crippen molar-refractivity contribution < 1.29 is 14.2 Å². The number of ether oxygens (including phenoxy) is 1. The Morgan fingerprint density at radius 3 is 2.94 bits per heavy atom. The van der Waals surface area contributed by atoms with Crippen LogP contribution in [0.5, 0.6) is 0 Å². The highest BCUT2D eigenvalue weighted by atomic mass is 19.1. The molecular weight excluding hydrogens is 223 g/mol. The van der Waals surface area contributed by atoms with Gasteiger partial charge in [-0.3, -0.25) is 4.98 Å². The standard InChI is InChI=1S/C12H19FN2O2/c1-12(16,3-4-17-2)9-15-7-10-5-11(13)8-14-6-10/h5-6,8,15-16H,3-4,7,9H2,1-2H3. The summed E-state index contributed by atoms with van der Waals surface area (Å²) < 4.78 is 17.7. The molecule has 1 atom stereocenters. The first-order valence-corrected chi connectivity index (χ1v) is 5.55. The molecule has 0 bridgehead atoms. The van der Waals surface area contributed by atoms with E-state index in [1.807, 2.05) is 0 Å². The number of halogens is 1. The zero-order valence-corrected chi connectivity index (χ0v) is 10.2. The molecule has 96 valence electrons. The molecule has 0 spiro atoms. The number of aromatic nitrogens is 1. The van der Waals surface area contributed by atoms with Crippen LogP contribution in [0, 0.1) is 5.82 Å². The van der Waals surface area contributed by atoms with Gasteiger partial charge in [0.25, 0.3) is 0 Å². The third-order valence-electron chi connectivity index (χ3n) is 2.44. The van der Waals surface area contributed by atoms with E-state index in [0.717, 1.165) is 11.8 Å². The van der Waals surface area contributed by atoms with Gasteiger partial charge in [0, 0.05) is 39.4 Å². The van der Waals surface area contributed by atoms with Crippen LogP contribution in [0.3, 0.4) is 0 Å². The third-order valence-corrected chi connectivity index (χ3v) is 2.44. The highest BCUT2D eigenvalue weighted by Gasteiger charge is 2.19. The van der Waals surface area contributed by atoms with E-state index in [4.69, 9.17) is 4.74 Å². The molecule has 5 heteroatoms. The van der Waals surface area contributed by atoms with Gasteiger partial charge in [-0.1, -0.05) is 0 Å². The van der Waals surface area contributed by atoms with Gasteiger partial charge in [0.05, 0.1) is 11.8 Å². The van der Waals surface area contributed by atoms with Crippen LogP contribution in [-0.2, 0) is 11.3 Å². The number of pyridine rings is 1. The number of methoxy groups -OCH3 is 1. The summed E-state index contributed by atoms with van der Waals surface area (Å²) in [6, 6.07) is 1.42. The van der Waals surface area contributed by atoms with Crippen molar-refractivity contribution in [1.82, 2.24) is 10.3 Å². The Morgan fingerprint density at radius 2 is 2.29 bits per heavy atom. The van der Waals surface area contributed by atoms with Crippen LogP contribution in [0.15, 0.2) is 18.5 Å². The molecule has 1 rings (SSSR count). The molecule has 4 nitrogen and oxygen atoms in total. The molecule has 0 aliphatic carbocycles. The molecule has 1 unspecified atom stereocenters. The molecule has 2 N–H and O–H groups in total. The number of hydrogen-bond acceptors (Lipinski definition) is 4. The molecule has 1 aromatic heterocycles. The minimum Gasteiger partial charge on any atom is -0.389 e. The topological polar surface area (TPSA) is 54.4 Å². The summed E-state index contributed by atoms with van der Waals surface area (Å²) in [5.41, 5.74) is -0.0657. The Morgan fingerprint density at radius 1 is 1.53 bits per heavy atom. The Kier molecular flexibility index (Phi) is 5.47. The Hall–Kier alpha value is -1.04. The minimum absolute atomic E-state index is 0.351. The normalized spacial score (nSPS) is 14.6. The van der Waals surface area contributed by atoms with E-state index in [2.05, 4.69) is 10.3 Å². The van der Waals surface area contributed by atoms with Crippen LogP contribution < -0.4 is 5.32 Å². The second kappa shape index (κ2) is 6.64. The number of hydrogen-bond donors (Lipinski definition) is 2. The van der Waals surface area contributed by atoms with Crippen LogP contribution in [0.1, 0.15) is 18.9 Å². The van der Waals surface area contributed by atoms with Crippen LogP contribution in [-0.4, -0.2) is 36.0 Å². The van der Waals surface area contributed by atoms with Gasteiger partial charge in [-0.2, -0.15) is 0 Å². The van der Waals surface area contributed by atoms with Crippen LogP contribution >= 0.6 is 0 Å². The monoisotopic (exact) mass is 242 g/mol. The van der Waals surface area contributed by atoms with E-state index in [-0.39, 0.29) is 5.82 Å². The highest BCUT2D eigenvalue weighted by Crippen LogP contribution is 2.08. The maximum absolute atomic E-state index is 12.8. The number of nitrogens with zero attached hydrogens (tertiary/aromatic N) is 1. The molecular formula is C12H19FN2O2. The zero-order valence-electron chi connectivity index (χ0n) is 10.2. The molecule has 1 aromatic rings. The van der Waals surface area contributed by atoms with Crippen LogP contribution in [0.25, 0.3) is 0 Å². The van der Waals surface area contributed by atoms with Gasteiger partial charge in [-0.15, -0.1) is 0 Å². The largest absolute Gasteiger partial charge is 0.389 e. The summed E-state index contributed by atoms with van der Waals surface area (Å²) in [6.45, 7) is 3.15. The predicted molar refractivity (Wildman–Crippen MR) is 63.0 cm³/mol. The number of rotatable bonds is 7. The van der Waals surface area contributed by atoms with Gasteiger partial charge in [0.2, 0.25) is 0 Å². The molecule has 0 saturated heterocycles. The molecule has 1 heterocycles. The van der Waals surface area contributed by atoms with Gasteiger partial charge in [0.1, 0.15) is 5.82 Å². The molecule has 0 radical (unpaired) electrons. The smallest absolute Gasteiger partial charge is 0.141 e. The van der Waals surface area contributed by atoms with E-state index in [0.29, 0.717) is 26.1 Å². The lowest BCUT2D eigenvalue weighted by atomic mass is 10.0. The van der Waals surface area contributed by atoms with Crippen molar-refractivity contribution in [3.05, 3.63) is 29.8 Å².